The summed E-state index contributed by atoms with van der Waals surface area (Å²) in [5, 5.41) is 11.9. The van der Waals surface area contributed by atoms with Gasteiger partial charge in [-0.15, -0.1) is 0 Å². The lowest BCUT2D eigenvalue weighted by Crippen LogP contribution is -2.21. The average Bonchev–Trinajstić information content (AvgIpc) is 2.55. The highest BCUT2D eigenvalue weighted by molar-refractivity contribution is 6.38. The van der Waals surface area contributed by atoms with E-state index < -0.39 is 5.91 Å². The number of anilines is 1. The van der Waals surface area contributed by atoms with Crippen LogP contribution in [0.1, 0.15) is 10.4 Å². The largest absolute Gasteiger partial charge is 0.495 e. The summed E-state index contributed by atoms with van der Waals surface area (Å²) in [7, 11) is 1.51. The zero-order valence-electron chi connectivity index (χ0n) is 12.5. The van der Waals surface area contributed by atoms with E-state index in [1.165, 1.54) is 19.2 Å². The van der Waals surface area contributed by atoms with Crippen molar-refractivity contribution in [3.05, 3.63) is 63.6 Å². The van der Waals surface area contributed by atoms with Gasteiger partial charge >= 0.3 is 0 Å². The maximum atomic E-state index is 12.5. The monoisotopic (exact) mass is 362 g/mol. The molecule has 0 saturated heterocycles. The van der Waals surface area contributed by atoms with Crippen LogP contribution in [0.5, 0.6) is 5.75 Å². The quantitative estimate of drug-likeness (QED) is 0.721. The highest BCUT2D eigenvalue weighted by Gasteiger charge is 2.15. The number of amides is 1. The fourth-order valence-electron chi connectivity index (χ4n) is 2.28. The summed E-state index contributed by atoms with van der Waals surface area (Å²) >= 11 is 12.0. The van der Waals surface area contributed by atoms with Crippen LogP contribution in [-0.4, -0.2) is 13.0 Å². The van der Waals surface area contributed by atoms with E-state index in [0.717, 1.165) is 0 Å². The third kappa shape index (κ3) is 3.09. The van der Waals surface area contributed by atoms with E-state index in [1.54, 1.807) is 30.3 Å². The van der Waals surface area contributed by atoms with E-state index in [4.69, 9.17) is 37.8 Å². The number of carbonyl (C=O) groups is 1. The van der Waals surface area contributed by atoms with Crippen LogP contribution in [0.15, 0.2) is 46.9 Å². The first-order chi connectivity index (χ1) is 11.5. The number of benzene rings is 2. The van der Waals surface area contributed by atoms with Crippen molar-refractivity contribution in [1.82, 2.24) is 0 Å². The Bertz CT molecular complexity index is 999. The Morgan fingerprint density at radius 3 is 2.71 bits per heavy atom. The van der Waals surface area contributed by atoms with Crippen molar-refractivity contribution in [1.29, 1.82) is 5.41 Å². The number of hydrogen-bond donors (Lipinski definition) is 2. The highest BCUT2D eigenvalue weighted by atomic mass is 35.5. The lowest BCUT2D eigenvalue weighted by atomic mass is 10.1. The van der Waals surface area contributed by atoms with Crippen molar-refractivity contribution in [2.45, 2.75) is 0 Å². The van der Waals surface area contributed by atoms with E-state index >= 15 is 0 Å². The highest BCUT2D eigenvalue weighted by Crippen LogP contribution is 2.28. The Balaban J connectivity index is 2.04. The Labute approximate surface area is 147 Å². The van der Waals surface area contributed by atoms with Crippen LogP contribution >= 0.6 is 23.2 Å². The Morgan fingerprint density at radius 1 is 1.21 bits per heavy atom. The minimum atomic E-state index is -0.494. The molecule has 3 rings (SSSR count). The molecule has 122 valence electrons. The van der Waals surface area contributed by atoms with Gasteiger partial charge < -0.3 is 14.5 Å². The summed E-state index contributed by atoms with van der Waals surface area (Å²) < 4.78 is 10.6. The second kappa shape index (κ2) is 6.55. The van der Waals surface area contributed by atoms with E-state index in [2.05, 4.69) is 5.32 Å². The van der Waals surface area contributed by atoms with Crippen LogP contribution in [-0.2, 0) is 0 Å². The molecule has 0 saturated carbocycles. The first-order valence-corrected chi connectivity index (χ1v) is 7.67. The number of para-hydroxylation sites is 2. The second-order valence-corrected chi connectivity index (χ2v) is 5.79. The van der Waals surface area contributed by atoms with Gasteiger partial charge in [0.25, 0.3) is 5.91 Å². The van der Waals surface area contributed by atoms with Crippen molar-refractivity contribution in [2.75, 3.05) is 12.4 Å². The van der Waals surface area contributed by atoms with Crippen LogP contribution < -0.4 is 15.6 Å². The predicted octanol–water partition coefficient (Wildman–Crippen LogP) is 4.48. The van der Waals surface area contributed by atoms with Crippen LogP contribution in [0, 0.1) is 5.41 Å². The molecule has 0 atom stereocenters. The van der Waals surface area contributed by atoms with Gasteiger partial charge in [0.2, 0.25) is 5.55 Å². The molecule has 0 radical (unpaired) electrons. The number of halogens is 2. The SMILES string of the molecule is COc1ccccc1NC(=O)c1cc2cc(Cl)cc(Cl)c2oc1=N. The molecule has 0 aliphatic carbocycles. The lowest BCUT2D eigenvalue weighted by Gasteiger charge is -2.10. The summed E-state index contributed by atoms with van der Waals surface area (Å²) in [5.41, 5.74) is 0.569. The van der Waals surface area contributed by atoms with Crippen LogP contribution in [0.25, 0.3) is 11.0 Å². The molecule has 1 aromatic heterocycles. The van der Waals surface area contributed by atoms with Gasteiger partial charge in [-0.1, -0.05) is 35.3 Å². The predicted molar refractivity (Wildman–Crippen MR) is 93.0 cm³/mol. The second-order valence-electron chi connectivity index (χ2n) is 4.95. The number of ether oxygens (including phenoxy) is 1. The molecular formula is C17H12Cl2N2O3. The first-order valence-electron chi connectivity index (χ1n) is 6.91. The third-order valence-corrected chi connectivity index (χ3v) is 3.88. The fraction of sp³-hybridized carbons (Fsp3) is 0.0588. The number of hydrogen-bond acceptors (Lipinski definition) is 4. The number of rotatable bonds is 3. The van der Waals surface area contributed by atoms with Gasteiger partial charge in [0.1, 0.15) is 11.3 Å². The lowest BCUT2D eigenvalue weighted by molar-refractivity contribution is 0.102. The number of methoxy groups -OCH3 is 1. The molecule has 0 unspecified atom stereocenters. The molecule has 0 bridgehead atoms. The summed E-state index contributed by atoms with van der Waals surface area (Å²) in [6, 6.07) is 11.6. The van der Waals surface area contributed by atoms with Gasteiger partial charge in [0, 0.05) is 10.4 Å². The molecular weight excluding hydrogens is 351 g/mol. The Morgan fingerprint density at radius 2 is 1.96 bits per heavy atom. The van der Waals surface area contributed by atoms with Gasteiger partial charge in [0.05, 0.1) is 17.8 Å². The van der Waals surface area contributed by atoms with Crippen LogP contribution in [0.3, 0.4) is 0 Å². The molecule has 2 N–H and O–H groups in total. The normalized spacial score (nSPS) is 10.6. The topological polar surface area (TPSA) is 75.3 Å². The van der Waals surface area contributed by atoms with Gasteiger partial charge in [-0.2, -0.15) is 0 Å². The standard InChI is InChI=1S/C17H12Cl2N2O3/c1-23-14-5-3-2-4-13(14)21-17(22)11-7-9-6-10(18)8-12(19)15(9)24-16(11)20/h2-8,20H,1H3,(H,21,22). The molecule has 1 heterocycles. The Hall–Kier alpha value is -2.50. The minimum Gasteiger partial charge on any atom is -0.495 e. The van der Waals surface area contributed by atoms with E-state index in [0.29, 0.717) is 27.4 Å². The summed E-state index contributed by atoms with van der Waals surface area (Å²) in [4.78, 5) is 12.5. The van der Waals surface area contributed by atoms with Gasteiger partial charge in [-0.25, -0.2) is 0 Å². The van der Waals surface area contributed by atoms with Crippen molar-refractivity contribution in [3.63, 3.8) is 0 Å². The maximum Gasteiger partial charge on any atom is 0.261 e. The van der Waals surface area contributed by atoms with E-state index in [9.17, 15) is 4.79 Å². The van der Waals surface area contributed by atoms with E-state index in [-0.39, 0.29) is 16.1 Å². The first kappa shape index (κ1) is 16.4. The summed E-state index contributed by atoms with van der Waals surface area (Å²) in [6.07, 6.45) is 0. The molecule has 3 aromatic rings. The van der Waals surface area contributed by atoms with Crippen LogP contribution in [0.4, 0.5) is 5.69 Å². The molecule has 0 fully saturated rings. The van der Waals surface area contributed by atoms with Gasteiger partial charge in [-0.05, 0) is 30.3 Å². The van der Waals surface area contributed by atoms with Gasteiger partial charge in [-0.3, -0.25) is 10.2 Å². The Kier molecular flexibility index (Phi) is 4.46. The number of carbonyl (C=O) groups excluding carboxylic acids is 1. The van der Waals surface area contributed by atoms with Crippen molar-refractivity contribution >= 4 is 45.8 Å². The van der Waals surface area contributed by atoms with Crippen molar-refractivity contribution in [3.8, 4) is 5.75 Å². The average molecular weight is 363 g/mol. The molecule has 0 spiro atoms. The zero-order chi connectivity index (χ0) is 17.3. The fourth-order valence-corrected chi connectivity index (χ4v) is 2.83. The number of nitrogens with one attached hydrogen (secondary N) is 2. The van der Waals surface area contributed by atoms with Crippen molar-refractivity contribution < 1.29 is 13.9 Å². The smallest absolute Gasteiger partial charge is 0.261 e. The zero-order valence-corrected chi connectivity index (χ0v) is 14.0. The van der Waals surface area contributed by atoms with Gasteiger partial charge in [0.15, 0.2) is 5.58 Å². The molecule has 1 amide bonds. The molecule has 24 heavy (non-hydrogen) atoms. The molecule has 5 nitrogen and oxygen atoms in total. The summed E-state index contributed by atoms with van der Waals surface area (Å²) in [6.45, 7) is 0. The molecule has 7 heteroatoms. The molecule has 2 aromatic carbocycles. The van der Waals surface area contributed by atoms with Crippen LogP contribution in [0.2, 0.25) is 10.0 Å². The number of fused-ring (bicyclic) bond motifs is 1. The third-order valence-electron chi connectivity index (χ3n) is 3.39. The molecule has 0 aliphatic rings. The minimum absolute atomic E-state index is 0.0618. The van der Waals surface area contributed by atoms with E-state index in [1.807, 2.05) is 0 Å². The maximum absolute atomic E-state index is 12.5. The molecule has 0 aliphatic heterocycles. The summed E-state index contributed by atoms with van der Waals surface area (Å²) in [5.74, 6) is 0.0208. The van der Waals surface area contributed by atoms with Crippen molar-refractivity contribution in [2.24, 2.45) is 0 Å².